The normalized spacial score (nSPS) is 12.2. The monoisotopic (exact) mass is 380 g/mol. The van der Waals surface area contributed by atoms with E-state index in [1.165, 1.54) is 16.9 Å². The quantitative estimate of drug-likeness (QED) is 0.649. The number of thiazole rings is 1. The van der Waals surface area contributed by atoms with Crippen LogP contribution < -0.4 is 4.80 Å². The number of thiophene rings is 1. The maximum absolute atomic E-state index is 12.2. The molecule has 1 aromatic carbocycles. The average molecular weight is 381 g/mol. The molecule has 3 aromatic rings. The number of halogens is 1. The Morgan fingerprint density at radius 3 is 2.76 bits per heavy atom. The number of carbonyl (C=O) groups is 1. The molecule has 0 spiro atoms. The van der Waals surface area contributed by atoms with E-state index in [0.29, 0.717) is 4.88 Å². The third kappa shape index (κ3) is 2.88. The molecule has 0 saturated carbocycles. The zero-order chi connectivity index (χ0) is 15.0. The second-order valence-electron chi connectivity index (χ2n) is 4.62. The minimum absolute atomic E-state index is 0.191. The highest BCUT2D eigenvalue weighted by Crippen LogP contribution is 2.23. The molecule has 108 valence electrons. The van der Waals surface area contributed by atoms with Crippen LogP contribution in [0.15, 0.2) is 39.1 Å². The fraction of sp³-hybridized carbons (Fsp3) is 0.200. The molecule has 0 aliphatic carbocycles. The van der Waals surface area contributed by atoms with Crippen LogP contribution in [0.25, 0.3) is 10.2 Å². The Labute approximate surface area is 138 Å². The number of hydrogen-bond donors (Lipinski definition) is 0. The first-order valence-electron chi connectivity index (χ1n) is 6.51. The van der Waals surface area contributed by atoms with Crippen molar-refractivity contribution in [1.29, 1.82) is 0 Å². The molecule has 0 unspecified atom stereocenters. The smallest absolute Gasteiger partial charge is 0.289 e. The van der Waals surface area contributed by atoms with Gasteiger partial charge in [-0.25, -0.2) is 0 Å². The molecular formula is C15H13BrN2OS2. The van der Waals surface area contributed by atoms with Crippen LogP contribution in [-0.4, -0.2) is 10.5 Å². The van der Waals surface area contributed by atoms with Gasteiger partial charge in [-0.05, 0) is 52.2 Å². The van der Waals surface area contributed by atoms with Crippen LogP contribution in [0.2, 0.25) is 0 Å². The molecule has 0 aliphatic rings. The molecule has 0 radical (unpaired) electrons. The molecule has 0 bridgehead atoms. The summed E-state index contributed by atoms with van der Waals surface area (Å²) in [6, 6.07) is 10.0. The van der Waals surface area contributed by atoms with E-state index in [2.05, 4.69) is 46.0 Å². The largest absolute Gasteiger partial charge is 0.319 e. The van der Waals surface area contributed by atoms with Gasteiger partial charge in [0.05, 0.1) is 18.9 Å². The van der Waals surface area contributed by atoms with Crippen molar-refractivity contribution >= 4 is 54.7 Å². The van der Waals surface area contributed by atoms with Gasteiger partial charge in [-0.1, -0.05) is 24.3 Å². The van der Waals surface area contributed by atoms with E-state index in [0.717, 1.165) is 25.2 Å². The lowest BCUT2D eigenvalue weighted by Gasteiger charge is -1.97. The maximum atomic E-state index is 12.2. The standard InChI is InChI=1S/C15H13BrN2OS2/c1-3-9-4-5-10-12(8-9)21-15(18(10)2)17-14(19)11-6-7-13(16)20-11/h4-8H,3H2,1-2H3. The Morgan fingerprint density at radius 1 is 1.29 bits per heavy atom. The number of aromatic nitrogens is 1. The van der Waals surface area contributed by atoms with Crippen molar-refractivity contribution in [1.82, 2.24) is 4.57 Å². The van der Waals surface area contributed by atoms with Crippen molar-refractivity contribution in [3.05, 3.63) is 49.4 Å². The minimum Gasteiger partial charge on any atom is -0.319 e. The predicted octanol–water partition coefficient (Wildman–Crippen LogP) is 4.37. The van der Waals surface area contributed by atoms with E-state index in [1.807, 2.05) is 17.7 Å². The van der Waals surface area contributed by atoms with Gasteiger partial charge in [0, 0.05) is 7.05 Å². The Bertz CT molecular complexity index is 889. The Kier molecular flexibility index (Phi) is 4.10. The second kappa shape index (κ2) is 5.87. The third-order valence-electron chi connectivity index (χ3n) is 3.26. The summed E-state index contributed by atoms with van der Waals surface area (Å²) in [6.07, 6.45) is 1.01. The van der Waals surface area contributed by atoms with E-state index in [-0.39, 0.29) is 5.91 Å². The van der Waals surface area contributed by atoms with E-state index >= 15 is 0 Å². The second-order valence-corrected chi connectivity index (χ2v) is 8.09. The lowest BCUT2D eigenvalue weighted by atomic mass is 10.2. The van der Waals surface area contributed by atoms with E-state index in [4.69, 9.17) is 0 Å². The number of amides is 1. The van der Waals surface area contributed by atoms with Gasteiger partial charge in [0.15, 0.2) is 4.80 Å². The zero-order valence-corrected chi connectivity index (χ0v) is 14.8. The van der Waals surface area contributed by atoms with Crippen molar-refractivity contribution in [2.24, 2.45) is 12.0 Å². The van der Waals surface area contributed by atoms with Crippen LogP contribution in [-0.2, 0) is 13.5 Å². The SMILES string of the molecule is CCc1ccc2c(c1)sc(=NC(=O)c1ccc(Br)s1)n2C. The Hall–Kier alpha value is -1.24. The number of fused-ring (bicyclic) bond motifs is 1. The first-order valence-corrected chi connectivity index (χ1v) is 8.94. The molecule has 2 heterocycles. The molecule has 1 amide bonds. The molecule has 0 fully saturated rings. The summed E-state index contributed by atoms with van der Waals surface area (Å²) in [5.41, 5.74) is 2.40. The van der Waals surface area contributed by atoms with Crippen LogP contribution in [0.3, 0.4) is 0 Å². The lowest BCUT2D eigenvalue weighted by molar-refractivity contribution is 0.100. The number of benzene rings is 1. The molecule has 6 heteroatoms. The fourth-order valence-electron chi connectivity index (χ4n) is 2.08. The van der Waals surface area contributed by atoms with Crippen molar-refractivity contribution in [2.75, 3.05) is 0 Å². The van der Waals surface area contributed by atoms with Gasteiger partial charge in [-0.2, -0.15) is 4.99 Å². The minimum atomic E-state index is -0.191. The van der Waals surface area contributed by atoms with Gasteiger partial charge < -0.3 is 4.57 Å². The summed E-state index contributed by atoms with van der Waals surface area (Å²) in [5.74, 6) is -0.191. The van der Waals surface area contributed by atoms with E-state index in [1.54, 1.807) is 17.4 Å². The fourth-order valence-corrected chi connectivity index (χ4v) is 4.43. The highest BCUT2D eigenvalue weighted by molar-refractivity contribution is 9.11. The Morgan fingerprint density at radius 2 is 2.10 bits per heavy atom. The van der Waals surface area contributed by atoms with Crippen molar-refractivity contribution in [3.8, 4) is 0 Å². The maximum Gasteiger partial charge on any atom is 0.289 e. The van der Waals surface area contributed by atoms with Gasteiger partial charge in [-0.3, -0.25) is 4.79 Å². The van der Waals surface area contributed by atoms with E-state index < -0.39 is 0 Å². The highest BCUT2D eigenvalue weighted by Gasteiger charge is 2.09. The molecule has 0 atom stereocenters. The summed E-state index contributed by atoms with van der Waals surface area (Å²) in [6.45, 7) is 2.14. The summed E-state index contributed by atoms with van der Waals surface area (Å²) in [5, 5.41) is 0. The van der Waals surface area contributed by atoms with Gasteiger partial charge in [-0.15, -0.1) is 11.3 Å². The van der Waals surface area contributed by atoms with Crippen LogP contribution in [0.5, 0.6) is 0 Å². The van der Waals surface area contributed by atoms with Gasteiger partial charge >= 0.3 is 0 Å². The molecular weight excluding hydrogens is 368 g/mol. The van der Waals surface area contributed by atoms with Gasteiger partial charge in [0.25, 0.3) is 5.91 Å². The Balaban J connectivity index is 2.09. The predicted molar refractivity (Wildman–Crippen MR) is 92.1 cm³/mol. The molecule has 2 aromatic heterocycles. The first kappa shape index (κ1) is 14.7. The van der Waals surface area contributed by atoms with Crippen molar-refractivity contribution < 1.29 is 4.79 Å². The summed E-state index contributed by atoms with van der Waals surface area (Å²) < 4.78 is 4.07. The molecule has 0 N–H and O–H groups in total. The average Bonchev–Trinajstić information content (AvgIpc) is 3.03. The van der Waals surface area contributed by atoms with E-state index in [9.17, 15) is 4.79 Å². The molecule has 0 aliphatic heterocycles. The zero-order valence-electron chi connectivity index (χ0n) is 11.6. The number of rotatable bonds is 2. The number of aryl methyl sites for hydroxylation is 2. The van der Waals surface area contributed by atoms with Crippen molar-refractivity contribution in [2.45, 2.75) is 13.3 Å². The van der Waals surface area contributed by atoms with Crippen LogP contribution in [0, 0.1) is 0 Å². The molecule has 3 rings (SSSR count). The van der Waals surface area contributed by atoms with Crippen LogP contribution >= 0.6 is 38.6 Å². The number of nitrogens with zero attached hydrogens (tertiary/aromatic N) is 2. The topological polar surface area (TPSA) is 34.4 Å². The van der Waals surface area contributed by atoms with Crippen LogP contribution in [0.1, 0.15) is 22.2 Å². The van der Waals surface area contributed by atoms with Gasteiger partial charge in [0.2, 0.25) is 0 Å². The van der Waals surface area contributed by atoms with Gasteiger partial charge in [0.1, 0.15) is 0 Å². The molecule has 0 saturated heterocycles. The summed E-state index contributed by atoms with van der Waals surface area (Å²) in [7, 11) is 1.95. The van der Waals surface area contributed by atoms with Crippen molar-refractivity contribution in [3.63, 3.8) is 0 Å². The molecule has 21 heavy (non-hydrogen) atoms. The number of carbonyl (C=O) groups excluding carboxylic acids is 1. The van der Waals surface area contributed by atoms with Crippen LogP contribution in [0.4, 0.5) is 0 Å². The summed E-state index contributed by atoms with van der Waals surface area (Å²) in [4.78, 5) is 17.8. The number of hydrogen-bond acceptors (Lipinski definition) is 3. The third-order valence-corrected chi connectivity index (χ3v) is 5.97. The summed E-state index contributed by atoms with van der Waals surface area (Å²) >= 11 is 6.32. The highest BCUT2D eigenvalue weighted by atomic mass is 79.9. The lowest BCUT2D eigenvalue weighted by Crippen LogP contribution is -2.12. The first-order chi connectivity index (χ1) is 10.1. The molecule has 3 nitrogen and oxygen atoms in total.